The molecule has 184 valence electrons. The highest BCUT2D eigenvalue weighted by atomic mass is 19.1. The first-order valence-electron chi connectivity index (χ1n) is 12.1. The number of benzene rings is 1. The van der Waals surface area contributed by atoms with E-state index in [0.29, 0.717) is 34.6 Å². The second-order valence-corrected chi connectivity index (χ2v) is 11.0. The van der Waals surface area contributed by atoms with Crippen LogP contribution in [0.1, 0.15) is 39.7 Å². The number of hydrogen-bond acceptors (Lipinski definition) is 5. The molecule has 8 nitrogen and oxygen atoms in total. The third-order valence-electron chi connectivity index (χ3n) is 7.67. The fourth-order valence-corrected chi connectivity index (χ4v) is 6.24. The Balaban J connectivity index is 1.31. The Morgan fingerprint density at radius 2 is 2.11 bits per heavy atom. The highest BCUT2D eigenvalue weighted by Gasteiger charge is 2.71. The number of nitriles is 1. The number of piperidine rings is 1. The molecule has 5 rings (SSSR count). The van der Waals surface area contributed by atoms with Gasteiger partial charge in [0, 0.05) is 24.2 Å². The molecule has 2 amide bonds. The fourth-order valence-electron chi connectivity index (χ4n) is 6.24. The highest BCUT2D eigenvalue weighted by molar-refractivity contribution is 5.88. The molecule has 0 spiro atoms. The minimum Gasteiger partial charge on any atom is -0.444 e. The van der Waals surface area contributed by atoms with Gasteiger partial charge in [0.1, 0.15) is 23.5 Å². The molecular formula is C26H30FN5O3. The van der Waals surface area contributed by atoms with Crippen LogP contribution >= 0.6 is 0 Å². The Kier molecular flexibility index (Phi) is 5.58. The summed E-state index contributed by atoms with van der Waals surface area (Å²) in [6.07, 6.45) is 1.89. The summed E-state index contributed by atoms with van der Waals surface area (Å²) in [4.78, 5) is 28.1. The molecule has 2 heterocycles. The van der Waals surface area contributed by atoms with E-state index in [2.05, 4.69) is 28.5 Å². The third-order valence-corrected chi connectivity index (χ3v) is 7.67. The number of hydrogen-bond donors (Lipinski definition) is 2. The smallest absolute Gasteiger partial charge is 0.411 e. The summed E-state index contributed by atoms with van der Waals surface area (Å²) in [5.41, 5.74) is 0.980. The number of carbonyl (C=O) groups excluding carboxylic acids is 2. The molecule has 3 aliphatic rings. The van der Waals surface area contributed by atoms with Crippen molar-refractivity contribution in [2.75, 3.05) is 0 Å². The lowest BCUT2D eigenvalue weighted by molar-refractivity contribution is -0.128. The summed E-state index contributed by atoms with van der Waals surface area (Å²) in [6.45, 7) is 7.56. The number of H-pyrrole nitrogens is 1. The van der Waals surface area contributed by atoms with Crippen molar-refractivity contribution in [3.8, 4) is 17.3 Å². The van der Waals surface area contributed by atoms with Gasteiger partial charge in [-0.25, -0.2) is 9.18 Å². The zero-order valence-electron chi connectivity index (χ0n) is 20.3. The number of rotatable bonds is 5. The van der Waals surface area contributed by atoms with Crippen LogP contribution in [0.2, 0.25) is 0 Å². The number of aromatic nitrogens is 2. The normalized spacial score (nSPS) is 29.3. The number of nitrogens with zero attached hydrogens (tertiary/aromatic N) is 3. The SMILES string of the molecule is C[C@H]1[C@H]2[C@H]3C[C@@H]([C@@H]12)N(C(=O)OC(C)(C)C)[C@@H]3C(=O)N[C@H](C#N)Cc1ccc(-c2ccn[nH]2)cc1F. The fraction of sp³-hybridized carbons (Fsp3) is 0.538. The first kappa shape index (κ1) is 23.3. The summed E-state index contributed by atoms with van der Waals surface area (Å²) in [5, 5.41) is 19.2. The number of nitrogens with one attached hydrogen (secondary N) is 2. The van der Waals surface area contributed by atoms with Crippen LogP contribution in [0, 0.1) is 40.8 Å². The van der Waals surface area contributed by atoms with Crippen molar-refractivity contribution < 1.29 is 18.7 Å². The van der Waals surface area contributed by atoms with Crippen molar-refractivity contribution in [2.24, 2.45) is 23.7 Å². The average molecular weight is 480 g/mol. The first-order valence-corrected chi connectivity index (χ1v) is 12.1. The Hall–Kier alpha value is -3.41. The lowest BCUT2D eigenvalue weighted by atomic mass is 9.94. The quantitative estimate of drug-likeness (QED) is 0.680. The zero-order chi connectivity index (χ0) is 25.1. The Bertz CT molecular complexity index is 1180. The summed E-state index contributed by atoms with van der Waals surface area (Å²) < 4.78 is 20.4. The van der Waals surface area contributed by atoms with Gasteiger partial charge >= 0.3 is 6.09 Å². The number of amides is 2. The van der Waals surface area contributed by atoms with Crippen LogP contribution in [0.4, 0.5) is 9.18 Å². The van der Waals surface area contributed by atoms with Gasteiger partial charge in [-0.05, 0) is 68.6 Å². The molecule has 9 heteroatoms. The van der Waals surface area contributed by atoms with Crippen molar-refractivity contribution in [3.05, 3.63) is 41.8 Å². The van der Waals surface area contributed by atoms with Crippen molar-refractivity contribution in [1.29, 1.82) is 5.26 Å². The van der Waals surface area contributed by atoms with Crippen LogP contribution in [0.5, 0.6) is 0 Å². The maximum absolute atomic E-state index is 14.8. The van der Waals surface area contributed by atoms with Crippen molar-refractivity contribution in [3.63, 3.8) is 0 Å². The summed E-state index contributed by atoms with van der Waals surface area (Å²) in [5.74, 6) is 0.514. The van der Waals surface area contributed by atoms with E-state index in [4.69, 9.17) is 4.74 Å². The lowest BCUT2D eigenvalue weighted by Gasteiger charge is -2.35. The maximum atomic E-state index is 14.8. The Morgan fingerprint density at radius 3 is 2.74 bits per heavy atom. The van der Waals surface area contributed by atoms with Crippen molar-refractivity contribution in [2.45, 2.75) is 64.3 Å². The molecule has 2 saturated carbocycles. The third kappa shape index (κ3) is 4.15. The monoisotopic (exact) mass is 479 g/mol. The number of fused-ring (bicyclic) bond motifs is 5. The number of halogens is 1. The standard InChI is InChI=1S/C26H30FN5O3/c1-13-21-17-11-20(22(13)21)32(25(34)35-26(2,3)4)23(17)24(33)30-16(12-28)9-14-5-6-15(10-18(14)27)19-7-8-29-31-19/h5-8,10,13,16-17,20-23H,9,11H2,1-4H3,(H,29,31)(H,30,33)/t13-,16-,17+,20-,21-,22+,23-/m0/s1. The minimum absolute atomic E-state index is 0.0152. The number of aromatic amines is 1. The van der Waals surface area contributed by atoms with Crippen LogP contribution < -0.4 is 5.32 Å². The summed E-state index contributed by atoms with van der Waals surface area (Å²) in [7, 11) is 0. The van der Waals surface area contributed by atoms with E-state index in [1.165, 1.54) is 6.07 Å². The molecule has 1 aliphatic heterocycles. The molecule has 1 aromatic heterocycles. The maximum Gasteiger partial charge on any atom is 0.411 e. The van der Waals surface area contributed by atoms with Gasteiger partial charge in [-0.15, -0.1) is 0 Å². The molecule has 2 aromatic rings. The van der Waals surface area contributed by atoms with E-state index in [1.54, 1.807) is 50.1 Å². The molecule has 2 N–H and O–H groups in total. The molecule has 3 fully saturated rings. The van der Waals surface area contributed by atoms with E-state index in [0.717, 1.165) is 6.42 Å². The molecular weight excluding hydrogens is 449 g/mol. The van der Waals surface area contributed by atoms with Crippen LogP contribution in [-0.4, -0.2) is 50.8 Å². The van der Waals surface area contributed by atoms with E-state index in [9.17, 15) is 19.2 Å². The number of carbonyl (C=O) groups is 2. The van der Waals surface area contributed by atoms with Gasteiger partial charge in [-0.2, -0.15) is 10.4 Å². The first-order chi connectivity index (χ1) is 16.6. The second-order valence-electron chi connectivity index (χ2n) is 11.0. The average Bonchev–Trinajstić information content (AvgIpc) is 3.22. The summed E-state index contributed by atoms with van der Waals surface area (Å²) in [6, 6.07) is 6.95. The van der Waals surface area contributed by atoms with E-state index >= 15 is 0 Å². The molecule has 0 radical (unpaired) electrons. The molecule has 35 heavy (non-hydrogen) atoms. The van der Waals surface area contributed by atoms with Crippen molar-refractivity contribution in [1.82, 2.24) is 20.4 Å². The van der Waals surface area contributed by atoms with Gasteiger partial charge < -0.3 is 10.1 Å². The van der Waals surface area contributed by atoms with Crippen LogP contribution in [-0.2, 0) is 16.0 Å². The lowest BCUT2D eigenvalue weighted by Crippen LogP contribution is -2.56. The Morgan fingerprint density at radius 1 is 1.34 bits per heavy atom. The van der Waals surface area contributed by atoms with Gasteiger partial charge in [0.25, 0.3) is 0 Å². The van der Waals surface area contributed by atoms with Gasteiger partial charge in [0.2, 0.25) is 5.91 Å². The predicted octanol–water partition coefficient (Wildman–Crippen LogP) is 3.66. The topological polar surface area (TPSA) is 111 Å². The number of likely N-dealkylation sites (tertiary alicyclic amines) is 1. The van der Waals surface area contributed by atoms with Gasteiger partial charge in [0.05, 0.1) is 11.8 Å². The Labute approximate surface area is 203 Å². The molecule has 2 aliphatic carbocycles. The molecule has 1 saturated heterocycles. The molecule has 2 bridgehead atoms. The molecule has 7 atom stereocenters. The van der Waals surface area contributed by atoms with Crippen LogP contribution in [0.3, 0.4) is 0 Å². The molecule has 1 aromatic carbocycles. The second kappa shape index (κ2) is 8.36. The van der Waals surface area contributed by atoms with E-state index < -0.39 is 29.6 Å². The minimum atomic E-state index is -0.929. The van der Waals surface area contributed by atoms with Gasteiger partial charge in [-0.3, -0.25) is 14.8 Å². The van der Waals surface area contributed by atoms with Crippen LogP contribution in [0.25, 0.3) is 11.3 Å². The highest BCUT2D eigenvalue weighted by Crippen LogP contribution is 2.67. The van der Waals surface area contributed by atoms with Crippen molar-refractivity contribution >= 4 is 12.0 Å². The van der Waals surface area contributed by atoms with Gasteiger partial charge in [0.15, 0.2) is 0 Å². The van der Waals surface area contributed by atoms with Crippen LogP contribution in [0.15, 0.2) is 30.5 Å². The van der Waals surface area contributed by atoms with E-state index in [1.807, 2.05) is 0 Å². The van der Waals surface area contributed by atoms with Gasteiger partial charge in [-0.1, -0.05) is 19.1 Å². The predicted molar refractivity (Wildman–Crippen MR) is 125 cm³/mol. The molecule has 0 unspecified atom stereocenters. The largest absolute Gasteiger partial charge is 0.444 e. The summed E-state index contributed by atoms with van der Waals surface area (Å²) >= 11 is 0. The number of ether oxygens (including phenoxy) is 1. The van der Waals surface area contributed by atoms with E-state index in [-0.39, 0.29) is 24.3 Å². The zero-order valence-corrected chi connectivity index (χ0v) is 20.3.